The van der Waals surface area contributed by atoms with Gasteiger partial charge in [0, 0.05) is 5.69 Å². The number of hydrogen-bond donors (Lipinski definition) is 2. The lowest BCUT2D eigenvalue weighted by Crippen LogP contribution is -2.19. The number of anilines is 2. The van der Waals surface area contributed by atoms with Crippen molar-refractivity contribution in [1.82, 2.24) is 0 Å². The van der Waals surface area contributed by atoms with Crippen LogP contribution in [0, 0.1) is 0 Å². The van der Waals surface area contributed by atoms with Crippen LogP contribution >= 0.6 is 0 Å². The predicted molar refractivity (Wildman–Crippen MR) is 144 cm³/mol. The van der Waals surface area contributed by atoms with Crippen molar-refractivity contribution in [1.29, 1.82) is 0 Å². The molecule has 0 radical (unpaired) electrons. The van der Waals surface area contributed by atoms with Gasteiger partial charge in [0.05, 0.1) is 23.4 Å². The van der Waals surface area contributed by atoms with Crippen molar-refractivity contribution in [3.05, 3.63) is 114 Å². The topological polar surface area (TPSA) is 85.9 Å². The fourth-order valence-electron chi connectivity index (χ4n) is 3.59. The Hall–Kier alpha value is -4.78. The normalized spacial score (nSPS) is 10.3. The van der Waals surface area contributed by atoms with Gasteiger partial charge in [0.1, 0.15) is 30.5 Å². The first-order valence-corrected chi connectivity index (χ1v) is 12.0. The second-order valence-corrected chi connectivity index (χ2v) is 7.92. The van der Waals surface area contributed by atoms with E-state index in [1.165, 1.54) is 0 Å². The molecule has 4 aromatic rings. The summed E-state index contributed by atoms with van der Waals surface area (Å²) < 4.78 is 16.9. The number of rotatable bonds is 11. The van der Waals surface area contributed by atoms with Crippen LogP contribution in [0.2, 0.25) is 0 Å². The summed E-state index contributed by atoms with van der Waals surface area (Å²) in [4.78, 5) is 26.1. The molecule has 0 saturated heterocycles. The minimum absolute atomic E-state index is 0.264. The largest absolute Gasteiger partial charge is 0.494 e. The van der Waals surface area contributed by atoms with Crippen molar-refractivity contribution in [3.63, 3.8) is 0 Å². The SMILES string of the molecule is CCOc1ccc(NC(=O)c2ccccc2NC(=O)c2ccccc2OCCOc2ccccc2)cc1. The fourth-order valence-corrected chi connectivity index (χ4v) is 3.59. The van der Waals surface area contributed by atoms with Crippen LogP contribution in [0.4, 0.5) is 11.4 Å². The van der Waals surface area contributed by atoms with E-state index >= 15 is 0 Å². The van der Waals surface area contributed by atoms with Crippen molar-refractivity contribution in [3.8, 4) is 17.2 Å². The number of benzene rings is 4. The van der Waals surface area contributed by atoms with Crippen LogP contribution in [0.25, 0.3) is 0 Å². The Labute approximate surface area is 216 Å². The molecule has 188 valence electrons. The van der Waals surface area contributed by atoms with Gasteiger partial charge < -0.3 is 24.8 Å². The molecule has 0 aliphatic rings. The number of amides is 2. The maximum absolute atomic E-state index is 13.2. The second kappa shape index (κ2) is 12.8. The number of carbonyl (C=O) groups is 2. The van der Waals surface area contributed by atoms with E-state index in [1.54, 1.807) is 72.8 Å². The number of para-hydroxylation sites is 3. The minimum Gasteiger partial charge on any atom is -0.494 e. The minimum atomic E-state index is -0.388. The van der Waals surface area contributed by atoms with E-state index in [0.29, 0.717) is 41.5 Å². The summed E-state index contributed by atoms with van der Waals surface area (Å²) in [6.07, 6.45) is 0. The van der Waals surface area contributed by atoms with Gasteiger partial charge in [-0.3, -0.25) is 9.59 Å². The lowest BCUT2D eigenvalue weighted by atomic mass is 10.1. The van der Waals surface area contributed by atoms with Gasteiger partial charge >= 0.3 is 0 Å². The van der Waals surface area contributed by atoms with E-state index < -0.39 is 0 Å². The molecule has 0 bridgehead atoms. The van der Waals surface area contributed by atoms with Crippen LogP contribution in [0.5, 0.6) is 17.2 Å². The highest BCUT2D eigenvalue weighted by molar-refractivity contribution is 6.13. The highest BCUT2D eigenvalue weighted by Gasteiger charge is 2.17. The third-order valence-electron chi connectivity index (χ3n) is 5.33. The summed E-state index contributed by atoms with van der Waals surface area (Å²) in [5, 5.41) is 5.70. The molecule has 0 fully saturated rings. The predicted octanol–water partition coefficient (Wildman–Crippen LogP) is 6.05. The quantitative estimate of drug-likeness (QED) is 0.247. The lowest BCUT2D eigenvalue weighted by Gasteiger charge is -2.14. The van der Waals surface area contributed by atoms with E-state index in [0.717, 1.165) is 11.5 Å². The Kier molecular flexibility index (Phi) is 8.75. The second-order valence-electron chi connectivity index (χ2n) is 7.92. The zero-order chi connectivity index (χ0) is 25.9. The first-order chi connectivity index (χ1) is 18.1. The molecule has 37 heavy (non-hydrogen) atoms. The molecular weight excluding hydrogens is 468 g/mol. The first-order valence-electron chi connectivity index (χ1n) is 12.0. The fraction of sp³-hybridized carbons (Fsp3) is 0.133. The molecule has 7 nitrogen and oxygen atoms in total. The van der Waals surface area contributed by atoms with Crippen molar-refractivity contribution in [2.45, 2.75) is 6.92 Å². The molecule has 4 rings (SSSR count). The van der Waals surface area contributed by atoms with Gasteiger partial charge in [-0.2, -0.15) is 0 Å². The van der Waals surface area contributed by atoms with Gasteiger partial charge in [-0.05, 0) is 67.6 Å². The highest BCUT2D eigenvalue weighted by Crippen LogP contribution is 2.23. The Morgan fingerprint density at radius 3 is 1.95 bits per heavy atom. The van der Waals surface area contributed by atoms with E-state index in [9.17, 15) is 9.59 Å². The molecular formula is C30H28N2O5. The summed E-state index contributed by atoms with van der Waals surface area (Å²) in [6, 6.07) is 30.3. The van der Waals surface area contributed by atoms with Gasteiger partial charge in [-0.15, -0.1) is 0 Å². The Balaban J connectivity index is 1.40. The maximum atomic E-state index is 13.2. The third kappa shape index (κ3) is 7.11. The van der Waals surface area contributed by atoms with Crippen LogP contribution in [0.15, 0.2) is 103 Å². The molecule has 2 N–H and O–H groups in total. The summed E-state index contributed by atoms with van der Waals surface area (Å²) in [5.74, 6) is 1.16. The van der Waals surface area contributed by atoms with E-state index in [1.807, 2.05) is 37.3 Å². The van der Waals surface area contributed by atoms with Crippen LogP contribution in [0.3, 0.4) is 0 Å². The smallest absolute Gasteiger partial charge is 0.259 e. The summed E-state index contributed by atoms with van der Waals surface area (Å²) in [5.41, 5.74) is 1.69. The van der Waals surface area contributed by atoms with Crippen molar-refractivity contribution in [2.75, 3.05) is 30.5 Å². The number of hydrogen-bond acceptors (Lipinski definition) is 5. The first kappa shape index (κ1) is 25.3. The summed E-state index contributed by atoms with van der Waals surface area (Å²) in [6.45, 7) is 3.06. The summed E-state index contributed by atoms with van der Waals surface area (Å²) >= 11 is 0. The average Bonchev–Trinajstić information content (AvgIpc) is 2.93. The van der Waals surface area contributed by atoms with E-state index in [4.69, 9.17) is 14.2 Å². The lowest BCUT2D eigenvalue weighted by molar-refractivity contribution is 0.102. The summed E-state index contributed by atoms with van der Waals surface area (Å²) in [7, 11) is 0. The standard InChI is InChI=1S/C30H28N2O5/c1-2-35-24-18-16-22(17-19-24)31-29(33)25-12-6-8-14-27(25)32-30(34)26-13-7-9-15-28(26)37-21-20-36-23-10-4-3-5-11-23/h3-19H,2,20-21H2,1H3,(H,31,33)(H,32,34). The monoisotopic (exact) mass is 496 g/mol. The van der Waals surface area contributed by atoms with Gasteiger partial charge in [0.2, 0.25) is 0 Å². The van der Waals surface area contributed by atoms with Crippen LogP contribution in [-0.4, -0.2) is 31.6 Å². The Bertz CT molecular complexity index is 1320. The van der Waals surface area contributed by atoms with Gasteiger partial charge in [0.15, 0.2) is 0 Å². The molecule has 7 heteroatoms. The molecule has 0 heterocycles. The molecule has 0 aliphatic heterocycles. The van der Waals surface area contributed by atoms with Crippen molar-refractivity contribution in [2.24, 2.45) is 0 Å². The van der Waals surface area contributed by atoms with Crippen molar-refractivity contribution >= 4 is 23.2 Å². The molecule has 0 aromatic heterocycles. The van der Waals surface area contributed by atoms with Gasteiger partial charge in [-0.1, -0.05) is 42.5 Å². The average molecular weight is 497 g/mol. The zero-order valence-corrected chi connectivity index (χ0v) is 20.5. The zero-order valence-electron chi connectivity index (χ0n) is 20.5. The molecule has 0 unspecified atom stereocenters. The molecule has 4 aromatic carbocycles. The van der Waals surface area contributed by atoms with Crippen LogP contribution in [0.1, 0.15) is 27.6 Å². The number of ether oxygens (including phenoxy) is 3. The van der Waals surface area contributed by atoms with Crippen molar-refractivity contribution < 1.29 is 23.8 Å². The Morgan fingerprint density at radius 1 is 0.595 bits per heavy atom. The van der Waals surface area contributed by atoms with Gasteiger partial charge in [-0.25, -0.2) is 0 Å². The Morgan fingerprint density at radius 2 is 1.19 bits per heavy atom. The number of nitrogens with one attached hydrogen (secondary N) is 2. The van der Waals surface area contributed by atoms with E-state index in [-0.39, 0.29) is 18.4 Å². The van der Waals surface area contributed by atoms with E-state index in [2.05, 4.69) is 10.6 Å². The van der Waals surface area contributed by atoms with Crippen LogP contribution < -0.4 is 24.8 Å². The molecule has 2 amide bonds. The van der Waals surface area contributed by atoms with Gasteiger partial charge in [0.25, 0.3) is 11.8 Å². The molecule has 0 saturated carbocycles. The third-order valence-corrected chi connectivity index (χ3v) is 5.33. The molecule has 0 aliphatic carbocycles. The maximum Gasteiger partial charge on any atom is 0.259 e. The molecule has 0 spiro atoms. The molecule has 0 atom stereocenters. The number of carbonyl (C=O) groups excluding carboxylic acids is 2. The van der Waals surface area contributed by atoms with Crippen LogP contribution in [-0.2, 0) is 0 Å². The highest BCUT2D eigenvalue weighted by atomic mass is 16.5.